The minimum atomic E-state index is -3.40. The van der Waals surface area contributed by atoms with Gasteiger partial charge in [-0.05, 0) is 17.7 Å². The molecule has 275 valence electrons. The molecule has 4 rings (SSSR count). The van der Waals surface area contributed by atoms with E-state index in [0.717, 1.165) is 27.2 Å². The number of benzene rings is 2. The van der Waals surface area contributed by atoms with Crippen LogP contribution in [0.3, 0.4) is 0 Å². The Bertz CT molecular complexity index is 1660. The van der Waals surface area contributed by atoms with Gasteiger partial charge in [-0.15, -0.1) is 0 Å². The van der Waals surface area contributed by atoms with Gasteiger partial charge in [-0.2, -0.15) is 0 Å². The monoisotopic (exact) mass is 991 g/mol. The summed E-state index contributed by atoms with van der Waals surface area (Å²) in [6, 6.07) is 14.4. The Morgan fingerprint density at radius 2 is 1.18 bits per heavy atom. The Kier molecular flexibility index (Phi) is 18.7. The molecule has 18 heteroatoms. The average Bonchev–Trinajstić information content (AvgIpc) is 2.95. The molecule has 1 fully saturated rings. The quantitative estimate of drug-likeness (QED) is 0.0877. The molecule has 2 aromatic carbocycles. The van der Waals surface area contributed by atoms with Crippen molar-refractivity contribution in [3.05, 3.63) is 54.2 Å². The molecule has 13 nitrogen and oxygen atoms in total. The van der Waals surface area contributed by atoms with Gasteiger partial charge >= 0.3 is 0 Å². The van der Waals surface area contributed by atoms with Crippen molar-refractivity contribution in [2.75, 3.05) is 97.8 Å². The molecule has 1 saturated heterocycles. The molecule has 2 heterocycles. The number of pyridine rings is 1. The molecular weight excluding hydrogens is 940 g/mol. The summed E-state index contributed by atoms with van der Waals surface area (Å²) in [5.74, 6) is -0.168. The molecular formula is C31H50EuIN6O7P3. The van der Waals surface area contributed by atoms with Crippen molar-refractivity contribution in [2.45, 2.75) is 6.54 Å². The van der Waals surface area contributed by atoms with Gasteiger partial charge < -0.3 is 44.0 Å². The number of carbonyl (C=O) groups excluding carboxylic acids is 1. The van der Waals surface area contributed by atoms with Gasteiger partial charge in [0.15, 0.2) is 6.20 Å². The van der Waals surface area contributed by atoms with Gasteiger partial charge in [0.25, 0.3) is 0 Å². The summed E-state index contributed by atoms with van der Waals surface area (Å²) in [5.41, 5.74) is 2.06. The SMILES string of the molecule is C[n+]1cc2ccccc2c2cc(CNC(=O)CN3CCN(CP(C)(=O)O)CCN(CP(C)(=O)O)CCN(CP(C)(=O)O)CC3)ccc21.[Eu].[I-]. The van der Waals surface area contributed by atoms with Crippen LogP contribution in [0.25, 0.3) is 21.7 Å². The van der Waals surface area contributed by atoms with Crippen molar-refractivity contribution in [1.82, 2.24) is 24.9 Å². The Morgan fingerprint density at radius 3 is 1.65 bits per heavy atom. The minimum absolute atomic E-state index is 0. The molecule has 0 bridgehead atoms. The predicted octanol–water partition coefficient (Wildman–Crippen LogP) is -0.768. The zero-order chi connectivity index (χ0) is 34.4. The second-order valence-electron chi connectivity index (χ2n) is 13.2. The second-order valence-corrected chi connectivity index (χ2v) is 20.3. The van der Waals surface area contributed by atoms with E-state index in [1.165, 1.54) is 20.0 Å². The smallest absolute Gasteiger partial charge is 0.234 e. The van der Waals surface area contributed by atoms with Gasteiger partial charge in [0, 0.05) is 145 Å². The normalized spacial score (nSPS) is 20.1. The molecule has 3 unspecified atom stereocenters. The van der Waals surface area contributed by atoms with E-state index in [1.807, 2.05) is 44.8 Å². The van der Waals surface area contributed by atoms with Gasteiger partial charge in [0.1, 0.15) is 7.05 Å². The zero-order valence-electron chi connectivity index (χ0n) is 28.6. The third-order valence-electron chi connectivity index (χ3n) is 8.20. The number of carbonyl (C=O) groups is 1. The van der Waals surface area contributed by atoms with E-state index in [-0.39, 0.29) is 105 Å². The molecule has 3 atom stereocenters. The van der Waals surface area contributed by atoms with Crippen LogP contribution in [0.4, 0.5) is 0 Å². The third-order valence-corrected chi connectivity index (χ3v) is 11.0. The number of nitrogens with zero attached hydrogens (tertiary/aromatic N) is 5. The van der Waals surface area contributed by atoms with E-state index in [1.54, 1.807) is 0 Å². The number of halogens is 1. The van der Waals surface area contributed by atoms with E-state index < -0.39 is 22.1 Å². The van der Waals surface area contributed by atoms with Gasteiger partial charge in [-0.3, -0.25) is 38.1 Å². The van der Waals surface area contributed by atoms with Crippen LogP contribution in [0.2, 0.25) is 0 Å². The number of hydrogen-bond donors (Lipinski definition) is 4. The molecule has 0 spiro atoms. The molecule has 4 N–H and O–H groups in total. The number of amides is 1. The molecule has 0 aliphatic carbocycles. The van der Waals surface area contributed by atoms with Crippen molar-refractivity contribution < 1.29 is 111 Å². The van der Waals surface area contributed by atoms with Gasteiger partial charge in [0.2, 0.25) is 33.5 Å². The first-order valence-electron chi connectivity index (χ1n) is 15.8. The fourth-order valence-corrected chi connectivity index (χ4v) is 9.16. The van der Waals surface area contributed by atoms with E-state index >= 15 is 0 Å². The number of aromatic nitrogens is 1. The van der Waals surface area contributed by atoms with Crippen LogP contribution < -0.4 is 33.9 Å². The Hall–Kier alpha value is 0.304. The molecule has 1 aliphatic heterocycles. The number of hydrogen-bond acceptors (Lipinski definition) is 8. The average molecular weight is 991 g/mol. The summed E-state index contributed by atoms with van der Waals surface area (Å²) in [4.78, 5) is 51.2. The van der Waals surface area contributed by atoms with E-state index in [2.05, 4.69) is 40.3 Å². The fraction of sp³-hybridized carbons (Fsp3) is 0.548. The Morgan fingerprint density at radius 1 is 0.735 bits per heavy atom. The topological polar surface area (TPSA) is 158 Å². The molecule has 1 amide bonds. The minimum Gasteiger partial charge on any atom is -1.00 e. The molecule has 3 aromatic rings. The summed E-state index contributed by atoms with van der Waals surface area (Å²) in [6.07, 6.45) is 1.99. The van der Waals surface area contributed by atoms with Crippen LogP contribution in [-0.2, 0) is 32.1 Å². The maximum Gasteiger partial charge on any atom is 0.234 e. The van der Waals surface area contributed by atoms with Crippen LogP contribution in [0.1, 0.15) is 5.56 Å². The van der Waals surface area contributed by atoms with Crippen LogP contribution in [0.15, 0.2) is 48.7 Å². The van der Waals surface area contributed by atoms with Crippen molar-refractivity contribution in [3.63, 3.8) is 0 Å². The molecule has 49 heavy (non-hydrogen) atoms. The molecule has 1 aliphatic rings. The van der Waals surface area contributed by atoms with Crippen LogP contribution in [0.5, 0.6) is 0 Å². The number of rotatable bonds is 10. The van der Waals surface area contributed by atoms with E-state index in [4.69, 9.17) is 0 Å². The van der Waals surface area contributed by atoms with Crippen molar-refractivity contribution in [3.8, 4) is 0 Å². The predicted molar refractivity (Wildman–Crippen MR) is 187 cm³/mol. The summed E-state index contributed by atoms with van der Waals surface area (Å²) in [6.45, 7) is 7.57. The number of fused-ring (bicyclic) bond motifs is 3. The van der Waals surface area contributed by atoms with E-state index in [9.17, 15) is 33.2 Å². The van der Waals surface area contributed by atoms with Crippen LogP contribution >= 0.6 is 22.1 Å². The first-order chi connectivity index (χ1) is 21.9. The van der Waals surface area contributed by atoms with Gasteiger partial charge in [-0.25, -0.2) is 4.57 Å². The maximum absolute atomic E-state index is 13.3. The number of nitrogens with one attached hydrogen (secondary N) is 1. The number of aryl methyl sites for hydroxylation is 1. The maximum atomic E-state index is 13.3. The summed E-state index contributed by atoms with van der Waals surface area (Å²) in [7, 11) is -8.17. The molecule has 1 aromatic heterocycles. The first kappa shape index (κ1) is 45.5. The largest absolute Gasteiger partial charge is 1.00 e. The molecule has 1 radical (unpaired) electrons. The first-order valence-corrected chi connectivity index (χ1v) is 22.7. The van der Waals surface area contributed by atoms with Crippen molar-refractivity contribution in [2.24, 2.45) is 7.05 Å². The Balaban J connectivity index is 0.00000417. The zero-order valence-corrected chi connectivity index (χ0v) is 35.9. The fourth-order valence-electron chi connectivity index (χ4n) is 6.08. The van der Waals surface area contributed by atoms with E-state index in [0.29, 0.717) is 58.9 Å². The second kappa shape index (κ2) is 20.1. The summed E-state index contributed by atoms with van der Waals surface area (Å²) in [5, 5.41) is 6.43. The summed E-state index contributed by atoms with van der Waals surface area (Å²) >= 11 is 0. The van der Waals surface area contributed by atoms with Crippen molar-refractivity contribution >= 4 is 49.7 Å². The summed E-state index contributed by atoms with van der Waals surface area (Å²) < 4.78 is 39.1. The van der Waals surface area contributed by atoms with Crippen LogP contribution in [-0.4, -0.2) is 138 Å². The van der Waals surface area contributed by atoms with Gasteiger partial charge in [-0.1, -0.05) is 24.3 Å². The van der Waals surface area contributed by atoms with Crippen LogP contribution in [0, 0.1) is 49.4 Å². The molecule has 0 saturated carbocycles. The standard InChI is InChI=1S/C31H49N6O7P3.Eu.HI/c1-33-21-27-7-5-6-8-28(27)29-19-26(9-10-30(29)33)20-32-31(38)22-34-11-13-35(23-45(2,39)40)15-17-37(25-47(4,43)44)18-16-36(14-12-34)24-46(3,41)42;;/h5-10,19,21H,11-18,20,22-25H2,1-4H3,(H3-,32,38,39,40,41,42,43,44);;1H. The third kappa shape index (κ3) is 16.1. The van der Waals surface area contributed by atoms with Crippen molar-refractivity contribution in [1.29, 1.82) is 0 Å². The Labute approximate surface area is 347 Å². The van der Waals surface area contributed by atoms with Gasteiger partial charge in [0.05, 0.1) is 30.8 Å².